The van der Waals surface area contributed by atoms with Gasteiger partial charge in [-0.15, -0.1) is 0 Å². The van der Waals surface area contributed by atoms with Crippen LogP contribution < -0.4 is 20.7 Å². The minimum absolute atomic E-state index is 0.00733. The van der Waals surface area contributed by atoms with Gasteiger partial charge in [-0.1, -0.05) is 18.2 Å². The molecule has 0 aliphatic carbocycles. The van der Waals surface area contributed by atoms with Crippen LogP contribution in [0.3, 0.4) is 0 Å². The zero-order chi connectivity index (χ0) is 17.4. The van der Waals surface area contributed by atoms with Gasteiger partial charge < -0.3 is 19.8 Å². The molecule has 0 radical (unpaired) electrons. The molecule has 0 aliphatic heterocycles. The van der Waals surface area contributed by atoms with Gasteiger partial charge in [0, 0.05) is 11.6 Å². The summed E-state index contributed by atoms with van der Waals surface area (Å²) in [6.45, 7) is 2.15. The number of amides is 3. The van der Waals surface area contributed by atoms with E-state index in [0.29, 0.717) is 5.76 Å². The van der Waals surface area contributed by atoms with E-state index in [-0.39, 0.29) is 19.1 Å². The summed E-state index contributed by atoms with van der Waals surface area (Å²) in [6.07, 6.45) is 1.52. The van der Waals surface area contributed by atoms with Crippen LogP contribution in [0.1, 0.15) is 24.3 Å². The van der Waals surface area contributed by atoms with Crippen molar-refractivity contribution >= 4 is 11.9 Å². The fourth-order valence-electron chi connectivity index (χ4n) is 2.18. The van der Waals surface area contributed by atoms with Gasteiger partial charge in [0.1, 0.15) is 11.5 Å². The summed E-state index contributed by atoms with van der Waals surface area (Å²) in [5, 5.41) is 7.85. The average Bonchev–Trinajstić information content (AvgIpc) is 3.11. The Labute approximate surface area is 140 Å². The molecule has 0 spiro atoms. The summed E-state index contributed by atoms with van der Waals surface area (Å²) in [6, 6.07) is 10.4. The first-order valence-electron chi connectivity index (χ1n) is 7.56. The van der Waals surface area contributed by atoms with Gasteiger partial charge in [0.25, 0.3) is 0 Å². The number of hydrogen-bond donors (Lipinski definition) is 3. The number of hydrogen-bond acceptors (Lipinski definition) is 5. The maximum absolute atomic E-state index is 11.8. The largest absolute Gasteiger partial charge is 0.496 e. The topological polar surface area (TPSA) is 92.6 Å². The fourth-order valence-corrected chi connectivity index (χ4v) is 2.18. The number of benzene rings is 1. The number of urea groups is 1. The summed E-state index contributed by atoms with van der Waals surface area (Å²) in [4.78, 5) is 23.4. The van der Waals surface area contributed by atoms with E-state index >= 15 is 0 Å². The number of carbonyl (C=O) groups excluding carboxylic acids is 2. The van der Waals surface area contributed by atoms with E-state index in [4.69, 9.17) is 9.15 Å². The Balaban J connectivity index is 1.75. The number of ether oxygens (including phenoxy) is 1. The van der Waals surface area contributed by atoms with E-state index in [1.165, 1.54) is 6.26 Å². The molecule has 0 aliphatic rings. The monoisotopic (exact) mass is 331 g/mol. The molecule has 1 heterocycles. The van der Waals surface area contributed by atoms with Crippen molar-refractivity contribution in [2.24, 2.45) is 0 Å². The normalized spacial score (nSPS) is 11.6. The van der Waals surface area contributed by atoms with Gasteiger partial charge in [0.2, 0.25) is 5.91 Å². The SMILES string of the molecule is COc1ccccc1[C@@H](C)NCC(=O)NC(=O)NCc1ccco1. The number of para-hydroxylation sites is 1. The molecule has 7 nitrogen and oxygen atoms in total. The number of nitrogens with one attached hydrogen (secondary N) is 3. The Morgan fingerprint density at radius 2 is 2.00 bits per heavy atom. The third-order valence-electron chi connectivity index (χ3n) is 3.43. The lowest BCUT2D eigenvalue weighted by Crippen LogP contribution is -2.43. The molecule has 7 heteroatoms. The molecule has 3 amide bonds. The Kier molecular flexibility index (Phi) is 6.39. The summed E-state index contributed by atoms with van der Waals surface area (Å²) >= 11 is 0. The van der Waals surface area contributed by atoms with Crippen LogP contribution in [-0.4, -0.2) is 25.6 Å². The van der Waals surface area contributed by atoms with Crippen LogP contribution in [0.2, 0.25) is 0 Å². The molecule has 0 saturated carbocycles. The van der Waals surface area contributed by atoms with Crippen LogP contribution in [0.15, 0.2) is 47.1 Å². The third-order valence-corrected chi connectivity index (χ3v) is 3.43. The lowest BCUT2D eigenvalue weighted by Gasteiger charge is -2.16. The van der Waals surface area contributed by atoms with Crippen molar-refractivity contribution < 1.29 is 18.7 Å². The lowest BCUT2D eigenvalue weighted by atomic mass is 10.1. The van der Waals surface area contributed by atoms with Crippen molar-refractivity contribution in [3.05, 3.63) is 54.0 Å². The second kappa shape index (κ2) is 8.73. The van der Waals surface area contributed by atoms with Gasteiger partial charge in [-0.25, -0.2) is 4.79 Å². The Hall–Kier alpha value is -2.80. The van der Waals surface area contributed by atoms with Crippen LogP contribution in [0.25, 0.3) is 0 Å². The highest BCUT2D eigenvalue weighted by atomic mass is 16.5. The van der Waals surface area contributed by atoms with E-state index in [1.54, 1.807) is 19.2 Å². The van der Waals surface area contributed by atoms with Gasteiger partial charge in [-0.2, -0.15) is 0 Å². The van der Waals surface area contributed by atoms with E-state index < -0.39 is 11.9 Å². The second-order valence-corrected chi connectivity index (χ2v) is 5.15. The zero-order valence-corrected chi connectivity index (χ0v) is 13.7. The minimum Gasteiger partial charge on any atom is -0.496 e. The third kappa shape index (κ3) is 5.13. The van der Waals surface area contributed by atoms with Crippen molar-refractivity contribution in [2.45, 2.75) is 19.5 Å². The molecule has 2 aromatic rings. The Bertz CT molecular complexity index is 670. The molecule has 0 fully saturated rings. The second-order valence-electron chi connectivity index (χ2n) is 5.15. The van der Waals surface area contributed by atoms with Gasteiger partial charge >= 0.3 is 6.03 Å². The molecular weight excluding hydrogens is 310 g/mol. The minimum atomic E-state index is -0.567. The van der Waals surface area contributed by atoms with Crippen LogP contribution in [-0.2, 0) is 11.3 Å². The quantitative estimate of drug-likeness (QED) is 0.721. The first kappa shape index (κ1) is 17.6. The summed E-state index contributed by atoms with van der Waals surface area (Å²) in [5.74, 6) is 0.934. The molecule has 1 atom stereocenters. The molecule has 0 bridgehead atoms. The first-order chi connectivity index (χ1) is 11.6. The van der Waals surface area contributed by atoms with Crippen molar-refractivity contribution in [3.63, 3.8) is 0 Å². The van der Waals surface area contributed by atoms with Crippen molar-refractivity contribution in [2.75, 3.05) is 13.7 Å². The standard InChI is InChI=1S/C17H21N3O4/c1-12(14-7-3-4-8-15(14)23-2)18-11-16(21)20-17(22)19-10-13-6-5-9-24-13/h3-9,12,18H,10-11H2,1-2H3,(H2,19,20,21,22)/t12-/m1/s1. The Morgan fingerprint density at radius 1 is 1.21 bits per heavy atom. The number of carbonyl (C=O) groups is 2. The van der Waals surface area contributed by atoms with Crippen LogP contribution in [0, 0.1) is 0 Å². The average molecular weight is 331 g/mol. The van der Waals surface area contributed by atoms with E-state index in [0.717, 1.165) is 11.3 Å². The highest BCUT2D eigenvalue weighted by Gasteiger charge is 2.13. The van der Waals surface area contributed by atoms with Crippen LogP contribution >= 0.6 is 0 Å². The molecule has 1 aromatic heterocycles. The zero-order valence-electron chi connectivity index (χ0n) is 13.7. The fraction of sp³-hybridized carbons (Fsp3) is 0.294. The summed E-state index contributed by atoms with van der Waals surface area (Å²) in [7, 11) is 1.60. The summed E-state index contributed by atoms with van der Waals surface area (Å²) in [5.41, 5.74) is 0.940. The molecule has 0 saturated heterocycles. The van der Waals surface area contributed by atoms with E-state index in [2.05, 4.69) is 16.0 Å². The van der Waals surface area contributed by atoms with Crippen LogP contribution in [0.5, 0.6) is 5.75 Å². The maximum Gasteiger partial charge on any atom is 0.321 e. The highest BCUT2D eigenvalue weighted by molar-refractivity contribution is 5.95. The molecule has 24 heavy (non-hydrogen) atoms. The van der Waals surface area contributed by atoms with E-state index in [1.807, 2.05) is 31.2 Å². The van der Waals surface area contributed by atoms with Gasteiger partial charge in [-0.3, -0.25) is 10.1 Å². The van der Waals surface area contributed by atoms with Gasteiger partial charge in [-0.05, 0) is 25.1 Å². The maximum atomic E-state index is 11.8. The van der Waals surface area contributed by atoms with Crippen molar-refractivity contribution in [1.29, 1.82) is 0 Å². The molecular formula is C17H21N3O4. The number of furan rings is 1. The van der Waals surface area contributed by atoms with Crippen molar-refractivity contribution in [3.8, 4) is 5.75 Å². The predicted octanol–water partition coefficient (Wildman–Crippen LogP) is 1.96. The van der Waals surface area contributed by atoms with Crippen molar-refractivity contribution in [1.82, 2.24) is 16.0 Å². The smallest absolute Gasteiger partial charge is 0.321 e. The Morgan fingerprint density at radius 3 is 2.71 bits per heavy atom. The summed E-state index contributed by atoms with van der Waals surface area (Å²) < 4.78 is 10.4. The lowest BCUT2D eigenvalue weighted by molar-refractivity contribution is -0.119. The molecule has 3 N–H and O–H groups in total. The van der Waals surface area contributed by atoms with Gasteiger partial charge in [0.15, 0.2) is 0 Å². The first-order valence-corrected chi connectivity index (χ1v) is 7.56. The molecule has 128 valence electrons. The molecule has 1 aromatic carbocycles. The molecule has 2 rings (SSSR count). The van der Waals surface area contributed by atoms with E-state index in [9.17, 15) is 9.59 Å². The van der Waals surface area contributed by atoms with Crippen LogP contribution in [0.4, 0.5) is 4.79 Å². The highest BCUT2D eigenvalue weighted by Crippen LogP contribution is 2.23. The predicted molar refractivity (Wildman–Crippen MR) is 88.5 cm³/mol. The molecule has 0 unspecified atom stereocenters. The number of rotatable bonds is 7. The van der Waals surface area contributed by atoms with Gasteiger partial charge in [0.05, 0.1) is 26.5 Å². The number of imide groups is 1. The number of methoxy groups -OCH3 is 1.